The van der Waals surface area contributed by atoms with Gasteiger partial charge in [-0.3, -0.25) is 4.79 Å². The van der Waals surface area contributed by atoms with E-state index in [2.05, 4.69) is 46.9 Å². The molecule has 18 heavy (non-hydrogen) atoms. The molecule has 4 heteroatoms. The lowest BCUT2D eigenvalue weighted by Gasteiger charge is -2.47. The first-order valence-corrected chi connectivity index (χ1v) is 7.33. The van der Waals surface area contributed by atoms with E-state index in [9.17, 15) is 4.79 Å². The van der Waals surface area contributed by atoms with Crippen LogP contribution in [0.1, 0.15) is 29.6 Å². The number of likely N-dealkylation sites (N-methyl/N-ethyl adjacent to an activating group) is 1. The maximum atomic E-state index is 12.1. The molecule has 2 rings (SSSR count). The lowest BCUT2D eigenvalue weighted by molar-refractivity contribution is 0.0557. The fourth-order valence-corrected chi connectivity index (χ4v) is 2.89. The van der Waals surface area contributed by atoms with E-state index in [1.807, 2.05) is 24.3 Å². The van der Waals surface area contributed by atoms with Crippen molar-refractivity contribution in [1.82, 2.24) is 10.2 Å². The SMILES string of the molecule is CN(C)C1(CNC(=O)c2cccc(I)c2)CCC1. The van der Waals surface area contributed by atoms with Gasteiger partial charge in [-0.2, -0.15) is 0 Å². The van der Waals surface area contributed by atoms with E-state index < -0.39 is 0 Å². The van der Waals surface area contributed by atoms with Crippen LogP contribution in [0.4, 0.5) is 0 Å². The molecular weight excluding hydrogens is 339 g/mol. The highest BCUT2D eigenvalue weighted by Gasteiger charge is 2.39. The van der Waals surface area contributed by atoms with Crippen LogP contribution in [-0.2, 0) is 0 Å². The van der Waals surface area contributed by atoms with Gasteiger partial charge in [0.1, 0.15) is 0 Å². The zero-order valence-corrected chi connectivity index (χ0v) is 13.0. The number of halogens is 1. The second kappa shape index (κ2) is 5.57. The summed E-state index contributed by atoms with van der Waals surface area (Å²) in [5.74, 6) is 0.0293. The minimum absolute atomic E-state index is 0.0293. The predicted molar refractivity (Wildman–Crippen MR) is 81.8 cm³/mol. The summed E-state index contributed by atoms with van der Waals surface area (Å²) in [6.45, 7) is 0.740. The maximum Gasteiger partial charge on any atom is 0.251 e. The summed E-state index contributed by atoms with van der Waals surface area (Å²) >= 11 is 2.22. The predicted octanol–water partition coefficient (Wildman–Crippen LogP) is 2.51. The molecule has 0 radical (unpaired) electrons. The molecule has 1 saturated carbocycles. The van der Waals surface area contributed by atoms with Gasteiger partial charge in [0.25, 0.3) is 5.91 Å². The second-order valence-electron chi connectivity index (χ2n) is 5.17. The van der Waals surface area contributed by atoms with Gasteiger partial charge in [-0.1, -0.05) is 6.07 Å². The highest BCUT2D eigenvalue weighted by atomic mass is 127. The van der Waals surface area contributed by atoms with Gasteiger partial charge in [0.05, 0.1) is 0 Å². The molecule has 1 aliphatic carbocycles. The van der Waals surface area contributed by atoms with E-state index in [0.29, 0.717) is 0 Å². The van der Waals surface area contributed by atoms with Crippen molar-refractivity contribution < 1.29 is 4.79 Å². The molecule has 98 valence electrons. The first kappa shape index (κ1) is 13.8. The Bertz CT molecular complexity index is 441. The number of amides is 1. The molecule has 3 nitrogen and oxygen atoms in total. The van der Waals surface area contributed by atoms with Crippen LogP contribution < -0.4 is 5.32 Å². The third kappa shape index (κ3) is 2.85. The number of carbonyl (C=O) groups is 1. The molecule has 0 saturated heterocycles. The Morgan fingerprint density at radius 2 is 2.17 bits per heavy atom. The van der Waals surface area contributed by atoms with Gasteiger partial charge in [0.15, 0.2) is 0 Å². The Kier molecular flexibility index (Phi) is 4.27. The van der Waals surface area contributed by atoms with Crippen molar-refractivity contribution in [3.05, 3.63) is 33.4 Å². The molecular formula is C14H19IN2O. The number of nitrogens with zero attached hydrogens (tertiary/aromatic N) is 1. The molecule has 0 spiro atoms. The molecule has 1 amide bonds. The summed E-state index contributed by atoms with van der Waals surface area (Å²) in [4.78, 5) is 14.3. The molecule has 0 aromatic heterocycles. The van der Waals surface area contributed by atoms with Crippen molar-refractivity contribution in [2.24, 2.45) is 0 Å². The average molecular weight is 358 g/mol. The van der Waals surface area contributed by atoms with Crippen molar-refractivity contribution >= 4 is 28.5 Å². The zero-order chi connectivity index (χ0) is 13.2. The van der Waals surface area contributed by atoms with Gasteiger partial charge in [0, 0.05) is 21.2 Å². The molecule has 1 aromatic carbocycles. The molecule has 0 aliphatic heterocycles. The number of benzene rings is 1. The molecule has 0 heterocycles. The largest absolute Gasteiger partial charge is 0.350 e. The molecule has 0 unspecified atom stereocenters. The van der Waals surface area contributed by atoms with E-state index in [4.69, 9.17) is 0 Å². The van der Waals surface area contributed by atoms with E-state index in [-0.39, 0.29) is 11.4 Å². The summed E-state index contributed by atoms with van der Waals surface area (Å²) in [5.41, 5.74) is 0.924. The van der Waals surface area contributed by atoms with Crippen LogP contribution in [-0.4, -0.2) is 37.0 Å². The molecule has 1 N–H and O–H groups in total. The Hall–Kier alpha value is -0.620. The van der Waals surface area contributed by atoms with Gasteiger partial charge in [-0.15, -0.1) is 0 Å². The van der Waals surface area contributed by atoms with E-state index in [1.165, 1.54) is 19.3 Å². The summed E-state index contributed by atoms with van der Waals surface area (Å²) in [6.07, 6.45) is 3.61. The van der Waals surface area contributed by atoms with Crippen LogP contribution in [0.2, 0.25) is 0 Å². The number of nitrogens with one attached hydrogen (secondary N) is 1. The highest BCUT2D eigenvalue weighted by Crippen LogP contribution is 2.35. The lowest BCUT2D eigenvalue weighted by atomic mass is 9.75. The van der Waals surface area contributed by atoms with Crippen LogP contribution in [0.15, 0.2) is 24.3 Å². The van der Waals surface area contributed by atoms with E-state index in [0.717, 1.165) is 15.7 Å². The number of rotatable bonds is 4. The van der Waals surface area contributed by atoms with Gasteiger partial charge >= 0.3 is 0 Å². The zero-order valence-electron chi connectivity index (χ0n) is 10.9. The van der Waals surface area contributed by atoms with Crippen molar-refractivity contribution in [2.75, 3.05) is 20.6 Å². The molecule has 1 fully saturated rings. The average Bonchev–Trinajstić information content (AvgIpc) is 2.26. The van der Waals surface area contributed by atoms with Gasteiger partial charge in [-0.05, 0) is 74.1 Å². The number of hydrogen-bond acceptors (Lipinski definition) is 2. The van der Waals surface area contributed by atoms with Crippen LogP contribution in [0.3, 0.4) is 0 Å². The van der Waals surface area contributed by atoms with Gasteiger partial charge < -0.3 is 10.2 Å². The van der Waals surface area contributed by atoms with Crippen LogP contribution in [0.5, 0.6) is 0 Å². The summed E-state index contributed by atoms with van der Waals surface area (Å²) in [6, 6.07) is 7.69. The minimum atomic E-state index is 0.0293. The Morgan fingerprint density at radius 3 is 2.67 bits per heavy atom. The monoisotopic (exact) mass is 358 g/mol. The van der Waals surface area contributed by atoms with Crippen molar-refractivity contribution in [2.45, 2.75) is 24.8 Å². The van der Waals surface area contributed by atoms with Crippen molar-refractivity contribution in [1.29, 1.82) is 0 Å². The van der Waals surface area contributed by atoms with Gasteiger partial charge in [0.2, 0.25) is 0 Å². The normalized spacial score (nSPS) is 17.3. The van der Waals surface area contributed by atoms with E-state index in [1.54, 1.807) is 0 Å². The first-order valence-electron chi connectivity index (χ1n) is 6.25. The third-order valence-electron chi connectivity index (χ3n) is 3.90. The maximum absolute atomic E-state index is 12.1. The topological polar surface area (TPSA) is 32.3 Å². The van der Waals surface area contributed by atoms with Crippen LogP contribution >= 0.6 is 22.6 Å². The summed E-state index contributed by atoms with van der Waals surface area (Å²) < 4.78 is 1.09. The lowest BCUT2D eigenvalue weighted by Crippen LogP contribution is -2.57. The highest BCUT2D eigenvalue weighted by molar-refractivity contribution is 14.1. The van der Waals surface area contributed by atoms with Crippen molar-refractivity contribution in [3.63, 3.8) is 0 Å². The van der Waals surface area contributed by atoms with Gasteiger partial charge in [-0.25, -0.2) is 0 Å². The summed E-state index contributed by atoms with van der Waals surface area (Å²) in [7, 11) is 4.19. The minimum Gasteiger partial charge on any atom is -0.350 e. The fraction of sp³-hybridized carbons (Fsp3) is 0.500. The Labute approximate surface area is 122 Å². The Balaban J connectivity index is 1.96. The second-order valence-corrected chi connectivity index (χ2v) is 6.41. The number of carbonyl (C=O) groups excluding carboxylic acids is 1. The fourth-order valence-electron chi connectivity index (χ4n) is 2.34. The number of hydrogen-bond donors (Lipinski definition) is 1. The Morgan fingerprint density at radius 1 is 1.44 bits per heavy atom. The molecule has 1 aliphatic rings. The summed E-state index contributed by atoms with van der Waals surface area (Å²) in [5, 5.41) is 3.07. The molecule has 0 bridgehead atoms. The molecule has 1 aromatic rings. The molecule has 0 atom stereocenters. The van der Waals surface area contributed by atoms with E-state index >= 15 is 0 Å². The quantitative estimate of drug-likeness (QED) is 0.839. The smallest absolute Gasteiger partial charge is 0.251 e. The third-order valence-corrected chi connectivity index (χ3v) is 4.57. The van der Waals surface area contributed by atoms with Crippen molar-refractivity contribution in [3.8, 4) is 0 Å². The standard InChI is InChI=1S/C14H19IN2O/c1-17(2)14(7-4-8-14)10-16-13(18)11-5-3-6-12(15)9-11/h3,5-6,9H,4,7-8,10H2,1-2H3,(H,16,18). The van der Waals surface area contributed by atoms with Crippen LogP contribution in [0.25, 0.3) is 0 Å². The first-order chi connectivity index (χ1) is 8.53. The van der Waals surface area contributed by atoms with Crippen LogP contribution in [0, 0.1) is 3.57 Å².